The summed E-state index contributed by atoms with van der Waals surface area (Å²) < 4.78 is 0. The Balaban J connectivity index is 2.33. The molecular formula is C16H15Cl4NO4. The number of nitrogens with zero attached hydrogens (tertiary/aromatic N) is 1. The molecule has 5 nitrogen and oxygen atoms in total. The minimum Gasteiger partial charge on any atom is -0.329 e. The van der Waals surface area contributed by atoms with Gasteiger partial charge in [-0.2, -0.15) is 0 Å². The van der Waals surface area contributed by atoms with Gasteiger partial charge in [0, 0.05) is 0 Å². The van der Waals surface area contributed by atoms with Crippen molar-refractivity contribution in [1.29, 1.82) is 0 Å². The molecule has 2 rings (SSSR count). The summed E-state index contributed by atoms with van der Waals surface area (Å²) in [6, 6.07) is 0. The third-order valence-corrected chi connectivity index (χ3v) is 5.78. The zero-order chi connectivity index (χ0) is 18.9. The van der Waals surface area contributed by atoms with Crippen molar-refractivity contribution in [2.75, 3.05) is 0 Å². The van der Waals surface area contributed by atoms with Crippen molar-refractivity contribution < 1.29 is 19.2 Å². The molecule has 0 spiro atoms. The van der Waals surface area contributed by atoms with Crippen LogP contribution in [0.15, 0.2) is 0 Å². The van der Waals surface area contributed by atoms with Crippen LogP contribution in [-0.4, -0.2) is 22.8 Å². The maximum atomic E-state index is 12.5. The lowest BCUT2D eigenvalue weighted by molar-refractivity contribution is -0.174. The number of fused-ring (bicyclic) bond motifs is 1. The highest BCUT2D eigenvalue weighted by Crippen LogP contribution is 2.44. The van der Waals surface area contributed by atoms with Crippen molar-refractivity contribution in [3.05, 3.63) is 31.2 Å². The van der Waals surface area contributed by atoms with Gasteiger partial charge >= 0.3 is 5.97 Å². The molecule has 0 N–H and O–H groups in total. The molecule has 0 radical (unpaired) electrons. The summed E-state index contributed by atoms with van der Waals surface area (Å²) in [5.74, 6) is -2.87. The van der Waals surface area contributed by atoms with E-state index in [0.29, 0.717) is 17.9 Å². The molecule has 0 aliphatic carbocycles. The van der Waals surface area contributed by atoms with E-state index in [1.54, 1.807) is 0 Å². The SMILES string of the molecule is CCCC[C@H](CC)C(=O)ON1C(=O)c2c(Cl)c(Cl)c(Cl)c(Cl)c2C1=O. The Morgan fingerprint density at radius 1 is 0.960 bits per heavy atom. The molecule has 0 saturated carbocycles. The molecule has 1 aromatic carbocycles. The van der Waals surface area contributed by atoms with Crippen LogP contribution < -0.4 is 0 Å². The van der Waals surface area contributed by atoms with Crippen LogP contribution in [0.1, 0.15) is 60.2 Å². The molecule has 9 heteroatoms. The van der Waals surface area contributed by atoms with Gasteiger partial charge < -0.3 is 4.84 Å². The Kier molecular flexibility index (Phi) is 6.60. The van der Waals surface area contributed by atoms with Crippen LogP contribution >= 0.6 is 46.4 Å². The second-order valence-corrected chi connectivity index (χ2v) is 7.08. The molecule has 0 unspecified atom stereocenters. The molecule has 136 valence electrons. The van der Waals surface area contributed by atoms with Gasteiger partial charge in [-0.3, -0.25) is 9.59 Å². The number of halogens is 4. The third-order valence-electron chi connectivity index (χ3n) is 3.98. The second kappa shape index (κ2) is 8.12. The number of unbranched alkanes of at least 4 members (excludes halogenated alkanes) is 1. The van der Waals surface area contributed by atoms with Gasteiger partial charge in [-0.05, 0) is 12.8 Å². The van der Waals surface area contributed by atoms with Gasteiger partial charge in [0.1, 0.15) is 0 Å². The molecular weight excluding hydrogens is 412 g/mol. The van der Waals surface area contributed by atoms with Gasteiger partial charge in [0.2, 0.25) is 0 Å². The van der Waals surface area contributed by atoms with E-state index < -0.39 is 23.7 Å². The van der Waals surface area contributed by atoms with Gasteiger partial charge in [-0.15, -0.1) is 0 Å². The van der Waals surface area contributed by atoms with E-state index >= 15 is 0 Å². The lowest BCUT2D eigenvalue weighted by atomic mass is 10.00. The van der Waals surface area contributed by atoms with Crippen molar-refractivity contribution in [2.24, 2.45) is 5.92 Å². The Morgan fingerprint density at radius 2 is 1.44 bits per heavy atom. The van der Waals surface area contributed by atoms with Gasteiger partial charge in [0.25, 0.3) is 11.8 Å². The van der Waals surface area contributed by atoms with Gasteiger partial charge in [0.05, 0.1) is 37.1 Å². The number of carbonyl (C=O) groups is 3. The quantitative estimate of drug-likeness (QED) is 0.338. The number of amides is 2. The predicted molar refractivity (Wildman–Crippen MR) is 96.4 cm³/mol. The van der Waals surface area contributed by atoms with Crippen molar-refractivity contribution in [3.8, 4) is 0 Å². The summed E-state index contributed by atoms with van der Waals surface area (Å²) >= 11 is 23.9. The number of imide groups is 1. The fourth-order valence-electron chi connectivity index (χ4n) is 2.52. The lowest BCUT2D eigenvalue weighted by Crippen LogP contribution is -2.35. The molecule has 0 bridgehead atoms. The largest absolute Gasteiger partial charge is 0.336 e. The maximum Gasteiger partial charge on any atom is 0.336 e. The number of rotatable bonds is 6. The minimum atomic E-state index is -0.899. The zero-order valence-electron chi connectivity index (χ0n) is 13.5. The number of benzene rings is 1. The second-order valence-electron chi connectivity index (χ2n) is 5.57. The van der Waals surface area contributed by atoms with Crippen LogP contribution in [0.3, 0.4) is 0 Å². The Labute approximate surface area is 165 Å². The molecule has 0 saturated heterocycles. The van der Waals surface area contributed by atoms with Crippen LogP contribution in [0.25, 0.3) is 0 Å². The first kappa shape index (κ1) is 20.3. The Hall–Kier alpha value is -1.01. The van der Waals surface area contributed by atoms with Crippen LogP contribution in [0.5, 0.6) is 0 Å². The highest BCUT2D eigenvalue weighted by molar-refractivity contribution is 6.55. The van der Waals surface area contributed by atoms with Gasteiger partial charge in [-0.25, -0.2) is 4.79 Å². The number of hydrogen-bond acceptors (Lipinski definition) is 4. The molecule has 1 atom stereocenters. The van der Waals surface area contributed by atoms with E-state index in [9.17, 15) is 14.4 Å². The predicted octanol–water partition coefficient (Wildman–Crippen LogP) is 5.57. The molecule has 0 aromatic heterocycles. The molecule has 2 amide bonds. The standard InChI is InChI=1S/C16H15Cl4NO4/c1-3-5-6-7(4-2)16(24)25-21-14(22)8-9(15(21)23)11(18)13(20)12(19)10(8)17/h7H,3-6H2,1-2H3/t7-/m0/s1. The number of hydrogen-bond donors (Lipinski definition) is 0. The van der Waals surface area contributed by atoms with Gasteiger partial charge in [0.15, 0.2) is 0 Å². The molecule has 25 heavy (non-hydrogen) atoms. The van der Waals surface area contributed by atoms with E-state index in [-0.39, 0.29) is 31.2 Å². The van der Waals surface area contributed by atoms with E-state index in [2.05, 4.69) is 0 Å². The molecule has 0 fully saturated rings. The number of carbonyl (C=O) groups excluding carboxylic acids is 3. The summed E-state index contributed by atoms with van der Waals surface area (Å²) in [5, 5.41) is -0.333. The summed E-state index contributed by atoms with van der Waals surface area (Å²) in [4.78, 5) is 42.3. The summed E-state index contributed by atoms with van der Waals surface area (Å²) in [7, 11) is 0. The first-order valence-electron chi connectivity index (χ1n) is 7.72. The van der Waals surface area contributed by atoms with Crippen LogP contribution in [0.2, 0.25) is 20.1 Å². The average Bonchev–Trinajstić information content (AvgIpc) is 2.83. The van der Waals surface area contributed by atoms with Crippen LogP contribution in [-0.2, 0) is 9.63 Å². The highest BCUT2D eigenvalue weighted by atomic mass is 35.5. The molecule has 1 aliphatic rings. The van der Waals surface area contributed by atoms with Crippen LogP contribution in [0, 0.1) is 5.92 Å². The van der Waals surface area contributed by atoms with E-state index in [1.807, 2.05) is 13.8 Å². The fraction of sp³-hybridized carbons (Fsp3) is 0.438. The summed E-state index contributed by atoms with van der Waals surface area (Å²) in [6.45, 7) is 3.83. The number of hydroxylamine groups is 2. The molecule has 1 aliphatic heterocycles. The first-order valence-corrected chi connectivity index (χ1v) is 9.23. The Bertz CT molecular complexity index is 703. The van der Waals surface area contributed by atoms with Crippen molar-refractivity contribution >= 4 is 64.2 Å². The van der Waals surface area contributed by atoms with Gasteiger partial charge in [-0.1, -0.05) is 78.2 Å². The summed E-state index contributed by atoms with van der Waals surface area (Å²) in [6.07, 6.45) is 2.88. The monoisotopic (exact) mass is 425 g/mol. The van der Waals surface area contributed by atoms with Crippen molar-refractivity contribution in [3.63, 3.8) is 0 Å². The molecule has 1 heterocycles. The van der Waals surface area contributed by atoms with Crippen molar-refractivity contribution in [2.45, 2.75) is 39.5 Å². The van der Waals surface area contributed by atoms with E-state index in [4.69, 9.17) is 51.2 Å². The fourth-order valence-corrected chi connectivity index (χ4v) is 3.53. The Morgan fingerprint density at radius 3 is 1.84 bits per heavy atom. The third kappa shape index (κ3) is 3.61. The topological polar surface area (TPSA) is 63.7 Å². The zero-order valence-corrected chi connectivity index (χ0v) is 16.5. The van der Waals surface area contributed by atoms with Crippen LogP contribution in [0.4, 0.5) is 0 Å². The molecule has 1 aromatic rings. The van der Waals surface area contributed by atoms with E-state index in [0.717, 1.165) is 12.8 Å². The normalized spacial score (nSPS) is 14.7. The smallest absolute Gasteiger partial charge is 0.329 e. The maximum absolute atomic E-state index is 12.5. The first-order chi connectivity index (χ1) is 11.8. The average molecular weight is 427 g/mol. The van der Waals surface area contributed by atoms with E-state index in [1.165, 1.54) is 0 Å². The summed E-state index contributed by atoms with van der Waals surface area (Å²) in [5.41, 5.74) is -0.444. The lowest BCUT2D eigenvalue weighted by Gasteiger charge is -2.17. The highest BCUT2D eigenvalue weighted by Gasteiger charge is 2.44. The minimum absolute atomic E-state index is 0.143. The van der Waals surface area contributed by atoms with Crippen molar-refractivity contribution in [1.82, 2.24) is 5.06 Å².